The first kappa shape index (κ1) is 24.4. The third-order valence-electron chi connectivity index (χ3n) is 7.72. The predicted molar refractivity (Wildman–Crippen MR) is 127 cm³/mol. The highest BCUT2D eigenvalue weighted by atomic mass is 16.5. The van der Waals surface area contributed by atoms with E-state index in [1.54, 1.807) is 33.8 Å². The number of allylic oxidation sites excluding steroid dienone is 7. The van der Waals surface area contributed by atoms with Gasteiger partial charge in [0.2, 0.25) is 0 Å². The van der Waals surface area contributed by atoms with Gasteiger partial charge in [-0.1, -0.05) is 55.9 Å². The summed E-state index contributed by atoms with van der Waals surface area (Å²) in [5, 5.41) is 0. The van der Waals surface area contributed by atoms with Crippen molar-refractivity contribution in [3.05, 3.63) is 48.1 Å². The lowest BCUT2D eigenvalue weighted by Crippen LogP contribution is -2.51. The lowest BCUT2D eigenvalue weighted by molar-refractivity contribution is -0.157. The number of rotatable bonds is 0. The summed E-state index contributed by atoms with van der Waals surface area (Å²) in [6.45, 7) is 13.2. The fourth-order valence-electron chi connectivity index (χ4n) is 5.91. The van der Waals surface area contributed by atoms with E-state index in [1.165, 1.54) is 5.57 Å². The van der Waals surface area contributed by atoms with E-state index in [1.807, 2.05) is 12.2 Å². The van der Waals surface area contributed by atoms with Gasteiger partial charge >= 0.3 is 5.97 Å². The highest BCUT2D eigenvalue weighted by Crippen LogP contribution is 2.50. The second-order valence-electron chi connectivity index (χ2n) is 10.7. The van der Waals surface area contributed by atoms with Gasteiger partial charge in [-0.15, -0.1) is 0 Å². The fraction of sp³-hybridized carbons (Fsp3) is 0.607. The van der Waals surface area contributed by atoms with E-state index in [9.17, 15) is 14.4 Å². The smallest absolute Gasteiger partial charge is 0.316 e. The van der Waals surface area contributed by atoms with Gasteiger partial charge in [0, 0.05) is 5.92 Å². The molecule has 0 amide bonds. The molecule has 0 aromatic rings. The second-order valence-corrected chi connectivity index (χ2v) is 10.7. The maximum atomic E-state index is 14.2. The van der Waals surface area contributed by atoms with Crippen LogP contribution in [0, 0.1) is 46.8 Å². The molecule has 4 heteroatoms. The Hall–Kier alpha value is -2.23. The topological polar surface area (TPSA) is 60.4 Å². The quantitative estimate of drug-likeness (QED) is 0.285. The third kappa shape index (κ3) is 4.60. The Bertz CT molecular complexity index is 887. The molecule has 0 saturated heterocycles. The van der Waals surface area contributed by atoms with E-state index >= 15 is 0 Å². The molecule has 0 aromatic carbocycles. The maximum Gasteiger partial charge on any atom is 0.316 e. The average molecular weight is 439 g/mol. The Morgan fingerprint density at radius 2 is 1.53 bits per heavy atom. The highest BCUT2D eigenvalue weighted by Gasteiger charge is 2.52. The summed E-state index contributed by atoms with van der Waals surface area (Å²) in [6, 6.07) is 0. The first-order chi connectivity index (χ1) is 14.9. The summed E-state index contributed by atoms with van der Waals surface area (Å²) in [7, 11) is 0. The van der Waals surface area contributed by atoms with Crippen LogP contribution in [0.15, 0.2) is 48.1 Å². The second kappa shape index (κ2) is 9.33. The minimum absolute atomic E-state index is 0.0114. The van der Waals surface area contributed by atoms with Crippen molar-refractivity contribution >= 4 is 17.5 Å². The van der Waals surface area contributed by atoms with Gasteiger partial charge < -0.3 is 4.74 Å². The molecule has 2 aliphatic carbocycles. The van der Waals surface area contributed by atoms with Gasteiger partial charge in [-0.05, 0) is 76.7 Å². The first-order valence-electron chi connectivity index (χ1n) is 11.9. The van der Waals surface area contributed by atoms with Crippen molar-refractivity contribution in [2.45, 2.75) is 61.0 Å². The largest absolute Gasteiger partial charge is 0.458 e. The summed E-state index contributed by atoms with van der Waals surface area (Å²) in [4.78, 5) is 40.2. The van der Waals surface area contributed by atoms with Gasteiger partial charge in [0.05, 0.1) is 5.41 Å². The zero-order chi connectivity index (χ0) is 23.8. The molecular weight excluding hydrogens is 400 g/mol. The summed E-state index contributed by atoms with van der Waals surface area (Å²) < 4.78 is 5.44. The van der Waals surface area contributed by atoms with Crippen molar-refractivity contribution in [3.63, 3.8) is 0 Å². The molecule has 8 atom stereocenters. The fourth-order valence-corrected chi connectivity index (χ4v) is 5.91. The molecule has 0 fully saturated rings. The molecule has 32 heavy (non-hydrogen) atoms. The van der Waals surface area contributed by atoms with E-state index < -0.39 is 23.4 Å². The third-order valence-corrected chi connectivity index (χ3v) is 7.72. The summed E-state index contributed by atoms with van der Waals surface area (Å²) in [5.74, 6) is -1.41. The number of cyclic esters (lactones) is 1. The van der Waals surface area contributed by atoms with Gasteiger partial charge in [0.1, 0.15) is 17.8 Å². The molecule has 3 rings (SSSR count). The van der Waals surface area contributed by atoms with Gasteiger partial charge in [-0.2, -0.15) is 0 Å². The standard InChI is InChI=1S/C28H38O4/c1-16-14-18(3)23-21(15-16)12-13-22-17(2)10-8-9-11-19(4)32-27(31)20(5)25(29)28(6,7)26(30)24(22)23/h8-14,17-24H,15H2,1-7H3/b10-8-,11-9+/t17-,18-,19+,20+,21-,22+,23-,24-/m1/s1. The maximum absolute atomic E-state index is 14.2. The molecule has 1 heterocycles. The number of carbonyl (C=O) groups is 3. The van der Waals surface area contributed by atoms with Crippen molar-refractivity contribution in [1.29, 1.82) is 0 Å². The van der Waals surface area contributed by atoms with E-state index in [4.69, 9.17) is 4.74 Å². The number of carbonyl (C=O) groups excluding carboxylic acids is 3. The molecule has 0 bridgehead atoms. The summed E-state index contributed by atoms with van der Waals surface area (Å²) in [6.07, 6.45) is 15.1. The number of Topliss-reactive ketones (excluding diaryl/α,β-unsaturated/α-hetero) is 2. The van der Waals surface area contributed by atoms with Crippen LogP contribution >= 0.6 is 0 Å². The first-order valence-corrected chi connectivity index (χ1v) is 11.9. The minimum Gasteiger partial charge on any atom is -0.458 e. The molecule has 0 aromatic heterocycles. The Morgan fingerprint density at radius 1 is 0.875 bits per heavy atom. The van der Waals surface area contributed by atoms with Crippen LogP contribution < -0.4 is 0 Å². The van der Waals surface area contributed by atoms with E-state index in [0.717, 1.165) is 6.42 Å². The molecule has 174 valence electrons. The van der Waals surface area contributed by atoms with Crippen molar-refractivity contribution < 1.29 is 19.1 Å². The van der Waals surface area contributed by atoms with E-state index in [2.05, 4.69) is 45.1 Å². The van der Waals surface area contributed by atoms with Crippen molar-refractivity contribution in [2.24, 2.45) is 46.8 Å². The van der Waals surface area contributed by atoms with Gasteiger partial charge in [0.15, 0.2) is 5.78 Å². The predicted octanol–water partition coefficient (Wildman–Crippen LogP) is 5.50. The molecule has 3 aliphatic rings. The minimum atomic E-state index is -1.26. The molecule has 0 radical (unpaired) electrons. The Morgan fingerprint density at radius 3 is 2.22 bits per heavy atom. The Balaban J connectivity index is 2.11. The van der Waals surface area contributed by atoms with Gasteiger partial charge in [-0.3, -0.25) is 14.4 Å². The van der Waals surface area contributed by atoms with Crippen LogP contribution in [0.2, 0.25) is 0 Å². The number of esters is 1. The normalized spacial score (nSPS) is 42.1. The van der Waals surface area contributed by atoms with Crippen LogP contribution in [0.1, 0.15) is 54.9 Å². The lowest BCUT2D eigenvalue weighted by Gasteiger charge is -2.47. The zero-order valence-corrected chi connectivity index (χ0v) is 20.5. The SMILES string of the molecule is CC1=C[C@@H](C)[C@H]2[C@@H]3C(=O)C(C)(C)C(=O)[C@H](C)C(=O)O[C@@H](C)/C=C/C=C\[C@@H](C)[C@@H]3C=C[C@@H]2C1. The average Bonchev–Trinajstić information content (AvgIpc) is 2.73. The van der Waals surface area contributed by atoms with E-state index in [0.29, 0.717) is 5.92 Å². The molecule has 0 N–H and O–H groups in total. The van der Waals surface area contributed by atoms with Crippen LogP contribution in [0.5, 0.6) is 0 Å². The molecule has 0 unspecified atom stereocenters. The molecular formula is C28H38O4. The summed E-state index contributed by atoms with van der Waals surface area (Å²) >= 11 is 0. The number of hydrogen-bond acceptors (Lipinski definition) is 4. The van der Waals surface area contributed by atoms with Crippen LogP contribution in [0.25, 0.3) is 0 Å². The Labute approximate surface area is 192 Å². The van der Waals surface area contributed by atoms with Crippen LogP contribution in [-0.2, 0) is 19.1 Å². The van der Waals surface area contributed by atoms with Crippen molar-refractivity contribution in [2.75, 3.05) is 0 Å². The van der Waals surface area contributed by atoms with Gasteiger partial charge in [0.25, 0.3) is 0 Å². The number of ketones is 2. The van der Waals surface area contributed by atoms with E-state index in [-0.39, 0.29) is 41.2 Å². The molecule has 1 aliphatic heterocycles. The van der Waals surface area contributed by atoms with Crippen LogP contribution in [0.4, 0.5) is 0 Å². The molecule has 0 spiro atoms. The van der Waals surface area contributed by atoms with Gasteiger partial charge in [-0.25, -0.2) is 0 Å². The Kier molecular flexibility index (Phi) is 7.12. The number of hydrogen-bond donors (Lipinski definition) is 0. The molecule has 0 saturated carbocycles. The van der Waals surface area contributed by atoms with Crippen molar-refractivity contribution in [3.8, 4) is 0 Å². The number of ether oxygens (including phenoxy) is 1. The lowest BCUT2D eigenvalue weighted by atomic mass is 9.55. The van der Waals surface area contributed by atoms with Crippen LogP contribution in [0.3, 0.4) is 0 Å². The monoisotopic (exact) mass is 438 g/mol. The van der Waals surface area contributed by atoms with Crippen LogP contribution in [-0.4, -0.2) is 23.6 Å². The molecule has 4 nitrogen and oxygen atoms in total. The van der Waals surface area contributed by atoms with Crippen molar-refractivity contribution in [1.82, 2.24) is 0 Å². The highest BCUT2D eigenvalue weighted by molar-refractivity contribution is 6.13. The summed E-state index contributed by atoms with van der Waals surface area (Å²) in [5.41, 5.74) is 0.0914. The zero-order valence-electron chi connectivity index (χ0n) is 20.5. The number of fused-ring (bicyclic) bond motifs is 3.